The minimum atomic E-state index is -0.252. The Morgan fingerprint density at radius 1 is 1.15 bits per heavy atom. The number of hydrazone groups is 1. The molecule has 2 rings (SSSR count). The summed E-state index contributed by atoms with van der Waals surface area (Å²) in [7, 11) is 1.58. The Bertz CT molecular complexity index is 619. The van der Waals surface area contributed by atoms with Crippen LogP contribution in [-0.4, -0.2) is 19.2 Å². The first kappa shape index (κ1) is 13.8. The number of aryl methyl sites for hydroxylation is 1. The monoisotopic (exact) mass is 268 g/mol. The number of amides is 1. The number of nitrogens with zero attached hydrogens (tertiary/aromatic N) is 1. The van der Waals surface area contributed by atoms with Crippen LogP contribution in [-0.2, 0) is 0 Å². The summed E-state index contributed by atoms with van der Waals surface area (Å²) in [5, 5.41) is 3.97. The van der Waals surface area contributed by atoms with Crippen LogP contribution in [0.2, 0.25) is 0 Å². The fourth-order valence-electron chi connectivity index (χ4n) is 1.70. The Balaban J connectivity index is 1.99. The normalized spacial score (nSPS) is 10.5. The Labute approximate surface area is 118 Å². The second-order valence-corrected chi connectivity index (χ2v) is 4.28. The molecule has 0 bridgehead atoms. The zero-order chi connectivity index (χ0) is 14.4. The topological polar surface area (TPSA) is 50.7 Å². The summed E-state index contributed by atoms with van der Waals surface area (Å²) in [6.07, 6.45) is 1.64. The Morgan fingerprint density at radius 3 is 2.50 bits per heavy atom. The maximum absolute atomic E-state index is 11.9. The van der Waals surface area contributed by atoms with Crippen LogP contribution in [0.4, 0.5) is 0 Å². The number of carbonyl (C=O) groups is 1. The Morgan fingerprint density at radius 2 is 1.85 bits per heavy atom. The van der Waals surface area contributed by atoms with E-state index in [1.165, 1.54) is 0 Å². The van der Waals surface area contributed by atoms with E-state index < -0.39 is 0 Å². The summed E-state index contributed by atoms with van der Waals surface area (Å²) < 4.78 is 5.04. The molecule has 0 radical (unpaired) electrons. The molecule has 0 atom stereocenters. The third-order valence-corrected chi connectivity index (χ3v) is 2.91. The van der Waals surface area contributed by atoms with Crippen molar-refractivity contribution in [2.75, 3.05) is 7.11 Å². The van der Waals surface area contributed by atoms with Gasteiger partial charge in [0.15, 0.2) is 0 Å². The first-order valence-corrected chi connectivity index (χ1v) is 6.24. The van der Waals surface area contributed by atoms with Gasteiger partial charge in [-0.1, -0.05) is 24.3 Å². The van der Waals surface area contributed by atoms with Crippen molar-refractivity contribution in [2.45, 2.75) is 6.92 Å². The van der Waals surface area contributed by atoms with E-state index >= 15 is 0 Å². The zero-order valence-corrected chi connectivity index (χ0v) is 11.5. The molecule has 1 amide bonds. The van der Waals surface area contributed by atoms with Gasteiger partial charge in [0.05, 0.1) is 13.3 Å². The number of benzene rings is 2. The highest BCUT2D eigenvalue weighted by Crippen LogP contribution is 2.11. The molecule has 102 valence electrons. The summed E-state index contributed by atoms with van der Waals surface area (Å²) in [5.41, 5.74) is 5.12. The van der Waals surface area contributed by atoms with Crippen LogP contribution in [0.25, 0.3) is 0 Å². The van der Waals surface area contributed by atoms with Crippen LogP contribution in [0.15, 0.2) is 53.6 Å². The van der Waals surface area contributed by atoms with E-state index in [0.717, 1.165) is 11.1 Å². The summed E-state index contributed by atoms with van der Waals surface area (Å²) in [5.74, 6) is 0.461. The molecule has 0 saturated heterocycles. The first-order valence-electron chi connectivity index (χ1n) is 6.24. The molecule has 0 aliphatic carbocycles. The SMILES string of the molecule is COc1ccc(C(=O)NN=Cc2ccccc2C)cc1. The smallest absolute Gasteiger partial charge is 0.271 e. The van der Waals surface area contributed by atoms with Gasteiger partial charge in [0.1, 0.15) is 5.75 Å². The Hall–Kier alpha value is -2.62. The minimum absolute atomic E-state index is 0.252. The predicted octanol–water partition coefficient (Wildman–Crippen LogP) is 2.77. The third-order valence-electron chi connectivity index (χ3n) is 2.91. The molecule has 0 aliphatic rings. The highest BCUT2D eigenvalue weighted by molar-refractivity contribution is 5.95. The predicted molar refractivity (Wildman–Crippen MR) is 79.2 cm³/mol. The van der Waals surface area contributed by atoms with E-state index in [-0.39, 0.29) is 5.91 Å². The van der Waals surface area contributed by atoms with E-state index in [1.807, 2.05) is 31.2 Å². The number of hydrogen-bond donors (Lipinski definition) is 1. The van der Waals surface area contributed by atoms with Gasteiger partial charge < -0.3 is 4.74 Å². The molecule has 20 heavy (non-hydrogen) atoms. The molecular weight excluding hydrogens is 252 g/mol. The second-order valence-electron chi connectivity index (χ2n) is 4.28. The largest absolute Gasteiger partial charge is 0.497 e. The lowest BCUT2D eigenvalue weighted by atomic mass is 10.1. The number of ether oxygens (including phenoxy) is 1. The van der Waals surface area contributed by atoms with Crippen LogP contribution in [0.5, 0.6) is 5.75 Å². The van der Waals surface area contributed by atoms with E-state index in [4.69, 9.17) is 4.74 Å². The second kappa shape index (κ2) is 6.52. The highest BCUT2D eigenvalue weighted by Gasteiger charge is 2.03. The van der Waals surface area contributed by atoms with Gasteiger partial charge in [-0.3, -0.25) is 4.79 Å². The summed E-state index contributed by atoms with van der Waals surface area (Å²) in [4.78, 5) is 11.9. The van der Waals surface area contributed by atoms with Crippen LogP contribution in [0, 0.1) is 6.92 Å². The van der Waals surface area contributed by atoms with Gasteiger partial charge in [0.2, 0.25) is 0 Å². The number of methoxy groups -OCH3 is 1. The third kappa shape index (κ3) is 3.45. The van der Waals surface area contributed by atoms with E-state index in [2.05, 4.69) is 10.5 Å². The molecule has 0 spiro atoms. The molecule has 4 nitrogen and oxygen atoms in total. The molecule has 0 aliphatic heterocycles. The summed E-state index contributed by atoms with van der Waals surface area (Å²) in [6, 6.07) is 14.7. The molecule has 0 fully saturated rings. The zero-order valence-electron chi connectivity index (χ0n) is 11.5. The standard InChI is InChI=1S/C16H16N2O2/c1-12-5-3-4-6-14(12)11-17-18-16(19)13-7-9-15(20-2)10-8-13/h3-11H,1-2H3,(H,18,19). The molecule has 0 saturated carbocycles. The van der Waals surface area contributed by atoms with Crippen molar-refractivity contribution in [1.29, 1.82) is 0 Å². The van der Waals surface area contributed by atoms with E-state index in [9.17, 15) is 4.79 Å². The summed E-state index contributed by atoms with van der Waals surface area (Å²) in [6.45, 7) is 1.99. The number of hydrogen-bond acceptors (Lipinski definition) is 3. The fourth-order valence-corrected chi connectivity index (χ4v) is 1.70. The Kier molecular flexibility index (Phi) is 4.50. The van der Waals surface area contributed by atoms with Gasteiger partial charge in [-0.25, -0.2) is 5.43 Å². The lowest BCUT2D eigenvalue weighted by Gasteiger charge is -2.02. The van der Waals surface area contributed by atoms with Gasteiger partial charge in [0, 0.05) is 5.56 Å². The molecule has 0 heterocycles. The van der Waals surface area contributed by atoms with Crippen LogP contribution < -0.4 is 10.2 Å². The number of rotatable bonds is 4. The van der Waals surface area contributed by atoms with Crippen LogP contribution in [0.1, 0.15) is 21.5 Å². The average Bonchev–Trinajstić information content (AvgIpc) is 2.49. The average molecular weight is 268 g/mol. The van der Waals surface area contributed by atoms with Gasteiger partial charge in [-0.15, -0.1) is 0 Å². The van der Waals surface area contributed by atoms with Gasteiger partial charge in [-0.2, -0.15) is 5.10 Å². The lowest BCUT2D eigenvalue weighted by molar-refractivity contribution is 0.0955. The summed E-state index contributed by atoms with van der Waals surface area (Å²) >= 11 is 0. The first-order chi connectivity index (χ1) is 9.70. The van der Waals surface area contributed by atoms with Crippen LogP contribution in [0.3, 0.4) is 0 Å². The highest BCUT2D eigenvalue weighted by atomic mass is 16.5. The number of nitrogens with one attached hydrogen (secondary N) is 1. The van der Waals surface area contributed by atoms with Crippen molar-refractivity contribution in [1.82, 2.24) is 5.43 Å². The molecule has 0 aromatic heterocycles. The minimum Gasteiger partial charge on any atom is -0.497 e. The molecule has 1 N–H and O–H groups in total. The van der Waals surface area contributed by atoms with Gasteiger partial charge >= 0.3 is 0 Å². The molecule has 2 aromatic carbocycles. The molecule has 4 heteroatoms. The van der Waals surface area contributed by atoms with Crippen LogP contribution >= 0.6 is 0 Å². The van der Waals surface area contributed by atoms with E-state index in [0.29, 0.717) is 11.3 Å². The fraction of sp³-hybridized carbons (Fsp3) is 0.125. The van der Waals surface area contributed by atoms with Crippen molar-refractivity contribution in [2.24, 2.45) is 5.10 Å². The maximum atomic E-state index is 11.9. The van der Waals surface area contributed by atoms with Crippen molar-refractivity contribution in [3.8, 4) is 5.75 Å². The van der Waals surface area contributed by atoms with Gasteiger partial charge in [0.25, 0.3) is 5.91 Å². The lowest BCUT2D eigenvalue weighted by Crippen LogP contribution is -2.17. The van der Waals surface area contributed by atoms with Gasteiger partial charge in [-0.05, 0) is 42.3 Å². The van der Waals surface area contributed by atoms with Crippen molar-refractivity contribution in [3.63, 3.8) is 0 Å². The molecule has 0 unspecified atom stereocenters. The molecule has 2 aromatic rings. The maximum Gasteiger partial charge on any atom is 0.271 e. The van der Waals surface area contributed by atoms with Crippen molar-refractivity contribution >= 4 is 12.1 Å². The quantitative estimate of drug-likeness (QED) is 0.684. The van der Waals surface area contributed by atoms with Crippen molar-refractivity contribution < 1.29 is 9.53 Å². The van der Waals surface area contributed by atoms with E-state index in [1.54, 1.807) is 37.6 Å². The number of carbonyl (C=O) groups excluding carboxylic acids is 1. The molecular formula is C16H16N2O2. The van der Waals surface area contributed by atoms with Crippen molar-refractivity contribution in [3.05, 3.63) is 65.2 Å².